The van der Waals surface area contributed by atoms with Crippen molar-refractivity contribution in [2.45, 2.75) is 32.1 Å². The van der Waals surface area contributed by atoms with Gasteiger partial charge in [0.2, 0.25) is 0 Å². The molecule has 0 nitrogen and oxygen atoms in total. The van der Waals surface area contributed by atoms with E-state index in [1.165, 1.54) is 23.1 Å². The van der Waals surface area contributed by atoms with Gasteiger partial charge in [0.1, 0.15) is 0 Å². The summed E-state index contributed by atoms with van der Waals surface area (Å²) in [5, 5.41) is 1.09. The molecule has 1 atom stereocenters. The van der Waals surface area contributed by atoms with Gasteiger partial charge in [-0.05, 0) is 34.6 Å². The van der Waals surface area contributed by atoms with Crippen LogP contribution in [0.25, 0.3) is 11.1 Å². The van der Waals surface area contributed by atoms with Gasteiger partial charge in [0.05, 0.1) is 10.2 Å². The Kier molecular flexibility index (Phi) is 4.84. The Balaban J connectivity index is 2.43. The fourth-order valence-corrected chi connectivity index (χ4v) is 2.89. The zero-order valence-corrected chi connectivity index (χ0v) is 13.2. The molecule has 0 aliphatic carbocycles. The summed E-state index contributed by atoms with van der Waals surface area (Å²) in [7, 11) is 3.68. The molecule has 0 aromatic heterocycles. The van der Waals surface area contributed by atoms with Crippen molar-refractivity contribution in [2.75, 3.05) is 0 Å². The van der Waals surface area contributed by atoms with E-state index in [4.69, 9.17) is 11.6 Å². The van der Waals surface area contributed by atoms with Crippen molar-refractivity contribution in [3.63, 3.8) is 0 Å². The number of hydrogen-bond donors (Lipinski definition) is 0. The van der Waals surface area contributed by atoms with E-state index in [-0.39, 0.29) is 0 Å². The molecular formula is C17H18ClSi. The third-order valence-corrected chi connectivity index (χ3v) is 4.38. The maximum absolute atomic E-state index is 6.04. The summed E-state index contributed by atoms with van der Waals surface area (Å²) in [6.07, 6.45) is 1.17. The molecule has 0 saturated carbocycles. The second kappa shape index (κ2) is 6.40. The molecule has 0 saturated heterocycles. The van der Waals surface area contributed by atoms with Crippen molar-refractivity contribution in [1.82, 2.24) is 0 Å². The van der Waals surface area contributed by atoms with Crippen molar-refractivity contribution < 1.29 is 0 Å². The largest absolute Gasteiger partial charge is 0.122 e. The van der Waals surface area contributed by atoms with Crippen LogP contribution >= 0.6 is 11.6 Å². The summed E-state index contributed by atoms with van der Waals surface area (Å²) < 4.78 is 0. The molecule has 0 amide bonds. The van der Waals surface area contributed by atoms with Crippen LogP contribution in [0.1, 0.15) is 37.3 Å². The van der Waals surface area contributed by atoms with Gasteiger partial charge >= 0.3 is 0 Å². The van der Waals surface area contributed by atoms with E-state index in [1.807, 2.05) is 6.07 Å². The van der Waals surface area contributed by atoms with Crippen LogP contribution in [0.4, 0.5) is 0 Å². The van der Waals surface area contributed by atoms with Gasteiger partial charge in [0.15, 0.2) is 0 Å². The van der Waals surface area contributed by atoms with Gasteiger partial charge in [-0.1, -0.05) is 61.5 Å². The van der Waals surface area contributed by atoms with Gasteiger partial charge in [-0.15, -0.1) is 11.6 Å². The molecule has 0 N–H and O–H groups in total. The minimum atomic E-state index is 0.529. The maximum Gasteiger partial charge on any atom is 0.0720 e. The summed E-state index contributed by atoms with van der Waals surface area (Å²) in [6.45, 7) is 4.48. The lowest BCUT2D eigenvalue weighted by atomic mass is 9.94. The summed E-state index contributed by atoms with van der Waals surface area (Å²) in [5.41, 5.74) is 4.97. The van der Waals surface area contributed by atoms with E-state index in [2.05, 4.69) is 60.5 Å². The highest BCUT2D eigenvalue weighted by molar-refractivity contribution is 6.36. The number of benzene rings is 2. The third kappa shape index (κ3) is 3.10. The maximum atomic E-state index is 6.04. The Morgan fingerprint density at radius 2 is 1.79 bits per heavy atom. The monoisotopic (exact) mass is 285 g/mol. The first-order valence-corrected chi connectivity index (χ1v) is 7.70. The first kappa shape index (κ1) is 14.4. The second-order valence-corrected chi connectivity index (χ2v) is 5.71. The molecule has 0 bridgehead atoms. The van der Waals surface area contributed by atoms with Crippen molar-refractivity contribution in [2.24, 2.45) is 0 Å². The minimum absolute atomic E-state index is 0.529. The lowest BCUT2D eigenvalue weighted by Crippen LogP contribution is -2.08. The van der Waals surface area contributed by atoms with Crippen LogP contribution in [-0.2, 0) is 5.88 Å². The number of halogens is 1. The number of rotatable bonds is 4. The molecule has 2 aromatic carbocycles. The molecule has 0 fully saturated rings. The van der Waals surface area contributed by atoms with E-state index in [9.17, 15) is 0 Å². The lowest BCUT2D eigenvalue weighted by Gasteiger charge is -2.13. The van der Waals surface area contributed by atoms with Crippen LogP contribution in [0.3, 0.4) is 0 Å². The zero-order chi connectivity index (χ0) is 13.8. The molecule has 0 spiro atoms. The summed E-state index contributed by atoms with van der Waals surface area (Å²) >= 11 is 6.04. The lowest BCUT2D eigenvalue weighted by molar-refractivity contribution is 0.734. The van der Waals surface area contributed by atoms with Gasteiger partial charge in [-0.2, -0.15) is 0 Å². The van der Waals surface area contributed by atoms with Crippen molar-refractivity contribution in [1.29, 1.82) is 0 Å². The SMILES string of the molecule is CCC(C)c1ccc(-c2c([Si])cccc2CCl)cc1. The molecule has 2 rings (SSSR count). The van der Waals surface area contributed by atoms with Crippen LogP contribution in [-0.4, -0.2) is 10.2 Å². The predicted molar refractivity (Wildman–Crippen MR) is 85.5 cm³/mol. The fraction of sp³-hybridized carbons (Fsp3) is 0.294. The molecule has 0 aliphatic rings. The van der Waals surface area contributed by atoms with E-state index >= 15 is 0 Å². The molecule has 2 heteroatoms. The number of alkyl halides is 1. The molecule has 3 radical (unpaired) electrons. The van der Waals surface area contributed by atoms with Gasteiger partial charge in [0.25, 0.3) is 0 Å². The highest BCUT2D eigenvalue weighted by atomic mass is 35.5. The fourth-order valence-electron chi connectivity index (χ4n) is 2.27. The average Bonchev–Trinajstić information content (AvgIpc) is 2.46. The highest BCUT2D eigenvalue weighted by Gasteiger charge is 2.08. The van der Waals surface area contributed by atoms with Crippen LogP contribution in [0.15, 0.2) is 42.5 Å². The average molecular weight is 286 g/mol. The minimum Gasteiger partial charge on any atom is -0.122 e. The molecule has 97 valence electrons. The van der Waals surface area contributed by atoms with E-state index < -0.39 is 0 Å². The van der Waals surface area contributed by atoms with Crippen LogP contribution in [0, 0.1) is 0 Å². The van der Waals surface area contributed by atoms with Crippen LogP contribution in [0.5, 0.6) is 0 Å². The van der Waals surface area contributed by atoms with Gasteiger partial charge in [-0.25, -0.2) is 0 Å². The van der Waals surface area contributed by atoms with Gasteiger partial charge < -0.3 is 0 Å². The first-order valence-electron chi connectivity index (χ1n) is 6.67. The second-order valence-electron chi connectivity index (χ2n) is 4.90. The number of hydrogen-bond acceptors (Lipinski definition) is 0. The molecule has 19 heavy (non-hydrogen) atoms. The van der Waals surface area contributed by atoms with Crippen molar-refractivity contribution in [3.05, 3.63) is 53.6 Å². The van der Waals surface area contributed by atoms with E-state index in [0.29, 0.717) is 11.8 Å². The predicted octanol–water partition coefficient (Wildman–Crippen LogP) is 4.40. The Labute approximate surface area is 124 Å². The topological polar surface area (TPSA) is 0 Å². The Morgan fingerprint density at radius 1 is 1.11 bits per heavy atom. The quantitative estimate of drug-likeness (QED) is 0.577. The summed E-state index contributed by atoms with van der Waals surface area (Å²) in [5.74, 6) is 1.14. The Hall–Kier alpha value is -1.05. The smallest absolute Gasteiger partial charge is 0.0720 e. The normalized spacial score (nSPS) is 12.4. The summed E-state index contributed by atoms with van der Waals surface area (Å²) in [6, 6.07) is 15.0. The first-order chi connectivity index (χ1) is 9.17. The van der Waals surface area contributed by atoms with Crippen molar-refractivity contribution in [3.8, 4) is 11.1 Å². The molecule has 2 aromatic rings. The van der Waals surface area contributed by atoms with E-state index in [0.717, 1.165) is 10.8 Å². The van der Waals surface area contributed by atoms with Crippen LogP contribution < -0.4 is 5.19 Å². The molecule has 0 aliphatic heterocycles. The van der Waals surface area contributed by atoms with Crippen molar-refractivity contribution >= 4 is 27.0 Å². The Bertz CT molecular complexity index is 546. The van der Waals surface area contributed by atoms with Gasteiger partial charge in [0, 0.05) is 5.88 Å². The van der Waals surface area contributed by atoms with Gasteiger partial charge in [-0.3, -0.25) is 0 Å². The molecule has 1 unspecified atom stereocenters. The third-order valence-electron chi connectivity index (χ3n) is 3.68. The van der Waals surface area contributed by atoms with Crippen LogP contribution in [0.2, 0.25) is 0 Å². The standard InChI is InChI=1S/C17H18ClSi/c1-3-12(2)13-7-9-14(10-8-13)17-15(11-18)5-4-6-16(17)19/h4-10,12H,3,11H2,1-2H3. The molecule has 0 heterocycles. The van der Waals surface area contributed by atoms with E-state index in [1.54, 1.807) is 0 Å². The summed E-state index contributed by atoms with van der Waals surface area (Å²) in [4.78, 5) is 0. The molecular weight excluding hydrogens is 268 g/mol. The highest BCUT2D eigenvalue weighted by Crippen LogP contribution is 2.26. The zero-order valence-electron chi connectivity index (χ0n) is 11.4. The Morgan fingerprint density at radius 3 is 2.37 bits per heavy atom.